The van der Waals surface area contributed by atoms with Crippen LogP contribution < -0.4 is 5.32 Å². The summed E-state index contributed by atoms with van der Waals surface area (Å²) in [6.45, 7) is 4.53. The minimum absolute atomic E-state index is 0.521. The lowest BCUT2D eigenvalue weighted by Gasteiger charge is -2.25. The average molecular weight is 258 g/mol. The van der Waals surface area contributed by atoms with Crippen molar-refractivity contribution in [2.45, 2.75) is 44.6 Å². The monoisotopic (exact) mass is 258 g/mol. The summed E-state index contributed by atoms with van der Waals surface area (Å²) < 4.78 is 11.2. The molecule has 2 fully saturated rings. The van der Waals surface area contributed by atoms with Crippen LogP contribution >= 0.6 is 0 Å². The van der Waals surface area contributed by atoms with Gasteiger partial charge in [0.2, 0.25) is 0 Å². The molecule has 100 valence electrons. The van der Waals surface area contributed by atoms with E-state index in [0.717, 1.165) is 30.6 Å². The zero-order valence-corrected chi connectivity index (χ0v) is 11.6. The molecule has 0 aromatic rings. The van der Waals surface area contributed by atoms with Crippen molar-refractivity contribution in [3.05, 3.63) is 0 Å². The first-order chi connectivity index (χ1) is 8.34. The lowest BCUT2D eigenvalue weighted by molar-refractivity contribution is 0.291. The van der Waals surface area contributed by atoms with Crippen molar-refractivity contribution in [1.29, 1.82) is 0 Å². The van der Waals surface area contributed by atoms with E-state index in [-0.39, 0.29) is 0 Å². The van der Waals surface area contributed by atoms with Crippen molar-refractivity contribution < 1.29 is 4.21 Å². The SMILES string of the molecule is O=S1CCN(CCCCCCNC2CC2)CC1. The molecule has 0 amide bonds. The molecule has 1 saturated heterocycles. The second kappa shape index (κ2) is 7.49. The van der Waals surface area contributed by atoms with E-state index in [1.54, 1.807) is 0 Å². The Bertz CT molecular complexity index is 234. The standard InChI is InChI=1S/C13H26N2OS/c16-17-11-9-15(10-12-17)8-4-2-1-3-7-14-13-5-6-13/h13-14H,1-12H2. The number of hydrogen-bond acceptors (Lipinski definition) is 3. The van der Waals surface area contributed by atoms with Gasteiger partial charge in [0.15, 0.2) is 0 Å². The highest BCUT2D eigenvalue weighted by Crippen LogP contribution is 2.18. The smallest absolute Gasteiger partial charge is 0.0363 e. The molecule has 0 atom stereocenters. The Balaban J connectivity index is 1.36. The highest BCUT2D eigenvalue weighted by Gasteiger charge is 2.19. The van der Waals surface area contributed by atoms with Crippen LogP contribution in [-0.2, 0) is 10.8 Å². The van der Waals surface area contributed by atoms with Crippen LogP contribution in [0.4, 0.5) is 0 Å². The van der Waals surface area contributed by atoms with Crippen molar-refractivity contribution in [2.75, 3.05) is 37.7 Å². The Kier molecular flexibility index (Phi) is 5.95. The maximum Gasteiger partial charge on any atom is 0.0363 e. The van der Waals surface area contributed by atoms with E-state index >= 15 is 0 Å². The van der Waals surface area contributed by atoms with Gasteiger partial charge < -0.3 is 10.2 Å². The van der Waals surface area contributed by atoms with Crippen LogP contribution in [0.5, 0.6) is 0 Å². The van der Waals surface area contributed by atoms with Crippen molar-refractivity contribution >= 4 is 10.8 Å². The highest BCUT2D eigenvalue weighted by atomic mass is 32.2. The van der Waals surface area contributed by atoms with E-state index in [4.69, 9.17) is 0 Å². The molecule has 0 radical (unpaired) electrons. The molecule has 1 aliphatic heterocycles. The van der Waals surface area contributed by atoms with Gasteiger partial charge in [0.25, 0.3) is 0 Å². The Hall–Kier alpha value is 0.0700. The Morgan fingerprint density at radius 1 is 1.06 bits per heavy atom. The molecule has 4 heteroatoms. The molecule has 0 spiro atoms. The Labute approximate surface area is 108 Å². The zero-order chi connectivity index (χ0) is 11.9. The number of nitrogens with zero attached hydrogens (tertiary/aromatic N) is 1. The molecule has 17 heavy (non-hydrogen) atoms. The molecule has 0 aromatic heterocycles. The fourth-order valence-electron chi connectivity index (χ4n) is 2.31. The maximum absolute atomic E-state index is 11.2. The summed E-state index contributed by atoms with van der Waals surface area (Å²) in [5, 5.41) is 3.56. The predicted octanol–water partition coefficient (Wildman–Crippen LogP) is 1.36. The molecule has 1 N–H and O–H groups in total. The average Bonchev–Trinajstić information content (AvgIpc) is 3.14. The molecule has 1 saturated carbocycles. The summed E-state index contributed by atoms with van der Waals surface area (Å²) >= 11 is 0. The van der Waals surface area contributed by atoms with Crippen molar-refractivity contribution in [2.24, 2.45) is 0 Å². The van der Waals surface area contributed by atoms with E-state index in [9.17, 15) is 4.21 Å². The van der Waals surface area contributed by atoms with E-state index in [1.807, 2.05) is 0 Å². The second-order valence-corrected chi connectivity index (χ2v) is 7.03. The van der Waals surface area contributed by atoms with Crippen LogP contribution in [0.25, 0.3) is 0 Å². The van der Waals surface area contributed by atoms with Crippen LogP contribution in [-0.4, -0.2) is 52.8 Å². The van der Waals surface area contributed by atoms with Crippen LogP contribution in [0.15, 0.2) is 0 Å². The molecule has 2 rings (SSSR count). The lowest BCUT2D eigenvalue weighted by atomic mass is 10.2. The van der Waals surface area contributed by atoms with E-state index < -0.39 is 10.8 Å². The number of rotatable bonds is 8. The first-order valence-electron chi connectivity index (χ1n) is 7.15. The van der Waals surface area contributed by atoms with Crippen molar-refractivity contribution in [3.8, 4) is 0 Å². The summed E-state index contributed by atoms with van der Waals surface area (Å²) in [6, 6.07) is 0.865. The Morgan fingerprint density at radius 2 is 1.76 bits per heavy atom. The van der Waals surface area contributed by atoms with Gasteiger partial charge in [-0.2, -0.15) is 0 Å². The topological polar surface area (TPSA) is 32.3 Å². The minimum Gasteiger partial charge on any atom is -0.314 e. The van der Waals surface area contributed by atoms with Gasteiger partial charge in [-0.15, -0.1) is 0 Å². The van der Waals surface area contributed by atoms with E-state index in [2.05, 4.69) is 10.2 Å². The molecule has 2 aliphatic rings. The third-order valence-electron chi connectivity index (χ3n) is 3.68. The van der Waals surface area contributed by atoms with Gasteiger partial charge in [0.1, 0.15) is 0 Å². The fourth-order valence-corrected chi connectivity index (χ4v) is 3.43. The molecule has 3 nitrogen and oxygen atoms in total. The molecule has 0 unspecified atom stereocenters. The van der Waals surface area contributed by atoms with Crippen LogP contribution in [0.2, 0.25) is 0 Å². The second-order valence-electron chi connectivity index (χ2n) is 5.33. The van der Waals surface area contributed by atoms with Gasteiger partial charge in [-0.25, -0.2) is 0 Å². The third kappa shape index (κ3) is 5.98. The normalized spacial score (nSPS) is 23.1. The van der Waals surface area contributed by atoms with Crippen LogP contribution in [0.3, 0.4) is 0 Å². The minimum atomic E-state index is -0.521. The van der Waals surface area contributed by atoms with Gasteiger partial charge in [-0.05, 0) is 38.8 Å². The van der Waals surface area contributed by atoms with E-state index in [1.165, 1.54) is 51.6 Å². The van der Waals surface area contributed by atoms with Crippen LogP contribution in [0.1, 0.15) is 38.5 Å². The molecule has 0 aromatic carbocycles. The number of unbranched alkanes of at least 4 members (excludes halogenated alkanes) is 3. The molecule has 0 bridgehead atoms. The Morgan fingerprint density at radius 3 is 2.47 bits per heavy atom. The van der Waals surface area contributed by atoms with Crippen molar-refractivity contribution in [1.82, 2.24) is 10.2 Å². The first-order valence-corrected chi connectivity index (χ1v) is 8.64. The molecule has 1 heterocycles. The zero-order valence-electron chi connectivity index (χ0n) is 10.8. The quantitative estimate of drug-likeness (QED) is 0.667. The number of nitrogens with one attached hydrogen (secondary N) is 1. The van der Waals surface area contributed by atoms with Crippen molar-refractivity contribution in [3.63, 3.8) is 0 Å². The largest absolute Gasteiger partial charge is 0.314 e. The molecular formula is C13H26N2OS. The number of hydrogen-bond donors (Lipinski definition) is 1. The summed E-state index contributed by atoms with van der Waals surface area (Å²) in [5.41, 5.74) is 0. The third-order valence-corrected chi connectivity index (χ3v) is 4.96. The fraction of sp³-hybridized carbons (Fsp3) is 1.00. The molecule has 1 aliphatic carbocycles. The van der Waals surface area contributed by atoms with Gasteiger partial charge in [0.05, 0.1) is 0 Å². The van der Waals surface area contributed by atoms with Gasteiger partial charge in [0, 0.05) is 41.4 Å². The highest BCUT2D eigenvalue weighted by molar-refractivity contribution is 7.85. The summed E-state index contributed by atoms with van der Waals surface area (Å²) in [7, 11) is -0.521. The lowest BCUT2D eigenvalue weighted by Crippen LogP contribution is -2.38. The van der Waals surface area contributed by atoms with Gasteiger partial charge >= 0.3 is 0 Å². The maximum atomic E-state index is 11.2. The van der Waals surface area contributed by atoms with E-state index in [0.29, 0.717) is 0 Å². The molecular weight excluding hydrogens is 232 g/mol. The summed E-state index contributed by atoms with van der Waals surface area (Å²) in [4.78, 5) is 2.48. The summed E-state index contributed by atoms with van der Waals surface area (Å²) in [5.74, 6) is 1.79. The first kappa shape index (κ1) is 13.5. The van der Waals surface area contributed by atoms with Gasteiger partial charge in [-0.3, -0.25) is 4.21 Å². The van der Waals surface area contributed by atoms with Gasteiger partial charge in [-0.1, -0.05) is 12.8 Å². The predicted molar refractivity (Wildman–Crippen MR) is 73.8 cm³/mol. The van der Waals surface area contributed by atoms with Crippen LogP contribution in [0, 0.1) is 0 Å². The summed E-state index contributed by atoms with van der Waals surface area (Å²) in [6.07, 6.45) is 8.16.